The Morgan fingerprint density at radius 1 is 1.32 bits per heavy atom. The Labute approximate surface area is 185 Å². The van der Waals surface area contributed by atoms with Gasteiger partial charge in [0.1, 0.15) is 5.60 Å². The van der Waals surface area contributed by atoms with E-state index in [0.717, 1.165) is 57.7 Å². The van der Waals surface area contributed by atoms with Gasteiger partial charge in [0, 0.05) is 44.8 Å². The summed E-state index contributed by atoms with van der Waals surface area (Å²) < 4.78 is 19.3. The Balaban J connectivity index is 1.68. The van der Waals surface area contributed by atoms with Crippen LogP contribution >= 0.6 is 0 Å². The lowest BCUT2D eigenvalue weighted by molar-refractivity contribution is -0.154. The highest BCUT2D eigenvalue weighted by molar-refractivity contribution is 5.80. The zero-order valence-electron chi connectivity index (χ0n) is 19.4. The molecule has 1 fully saturated rings. The molecular formula is C23H38FN5O2. The number of guanidine groups is 1. The second-order valence-corrected chi connectivity index (χ2v) is 8.90. The number of esters is 1. The monoisotopic (exact) mass is 435 g/mol. The molecule has 1 atom stereocenters. The number of pyridine rings is 1. The van der Waals surface area contributed by atoms with Gasteiger partial charge in [-0.3, -0.25) is 9.79 Å². The molecule has 1 aromatic rings. The maximum atomic E-state index is 14.0. The molecule has 1 unspecified atom stereocenters. The molecule has 31 heavy (non-hydrogen) atoms. The van der Waals surface area contributed by atoms with Gasteiger partial charge >= 0.3 is 5.97 Å². The number of nitrogens with one attached hydrogen (secondary N) is 2. The lowest BCUT2D eigenvalue weighted by atomic mass is 10.1. The smallest absolute Gasteiger partial charge is 0.306 e. The first-order chi connectivity index (χ1) is 14.8. The lowest BCUT2D eigenvalue weighted by Gasteiger charge is -2.20. The van der Waals surface area contributed by atoms with Gasteiger partial charge in [-0.15, -0.1) is 0 Å². The zero-order valence-corrected chi connectivity index (χ0v) is 19.4. The molecule has 0 bridgehead atoms. The number of halogens is 1. The van der Waals surface area contributed by atoms with Gasteiger partial charge < -0.3 is 20.3 Å². The summed E-state index contributed by atoms with van der Waals surface area (Å²) in [6, 6.07) is 3.26. The molecule has 2 N–H and O–H groups in total. The summed E-state index contributed by atoms with van der Waals surface area (Å²) in [6.45, 7) is 10.7. The molecule has 7 nitrogen and oxygen atoms in total. The molecule has 0 saturated carbocycles. The molecule has 1 aliphatic heterocycles. The van der Waals surface area contributed by atoms with Crippen molar-refractivity contribution in [3.63, 3.8) is 0 Å². The highest BCUT2D eigenvalue weighted by atomic mass is 19.1. The van der Waals surface area contributed by atoms with E-state index >= 15 is 0 Å². The Hall–Kier alpha value is -2.38. The lowest BCUT2D eigenvalue weighted by Crippen LogP contribution is -2.44. The molecular weight excluding hydrogens is 397 g/mol. The van der Waals surface area contributed by atoms with Crippen LogP contribution in [0.1, 0.15) is 66.2 Å². The third-order valence-corrected chi connectivity index (χ3v) is 4.89. The minimum Gasteiger partial charge on any atom is -0.460 e. The third kappa shape index (κ3) is 9.53. The van der Waals surface area contributed by atoms with Crippen LogP contribution in [0.4, 0.5) is 10.2 Å². The van der Waals surface area contributed by atoms with Crippen molar-refractivity contribution in [2.75, 3.05) is 31.1 Å². The molecule has 0 aromatic carbocycles. The Kier molecular flexibility index (Phi) is 10.0. The molecule has 1 saturated heterocycles. The summed E-state index contributed by atoms with van der Waals surface area (Å²) in [4.78, 5) is 22.5. The van der Waals surface area contributed by atoms with Crippen molar-refractivity contribution in [1.29, 1.82) is 0 Å². The van der Waals surface area contributed by atoms with E-state index in [1.54, 1.807) is 12.3 Å². The number of aromatic nitrogens is 1. The predicted molar refractivity (Wildman–Crippen MR) is 123 cm³/mol. The largest absolute Gasteiger partial charge is 0.460 e. The van der Waals surface area contributed by atoms with E-state index in [-0.39, 0.29) is 17.8 Å². The van der Waals surface area contributed by atoms with Crippen LogP contribution in [0.2, 0.25) is 0 Å². The summed E-state index contributed by atoms with van der Waals surface area (Å²) in [6.07, 6.45) is 6.84. The number of hydrogen-bond acceptors (Lipinski definition) is 5. The summed E-state index contributed by atoms with van der Waals surface area (Å²) in [5, 5.41) is 6.74. The van der Waals surface area contributed by atoms with Crippen molar-refractivity contribution < 1.29 is 13.9 Å². The molecule has 174 valence electrons. The van der Waals surface area contributed by atoms with Gasteiger partial charge in [0.25, 0.3) is 0 Å². The number of rotatable bonds is 10. The van der Waals surface area contributed by atoms with Crippen molar-refractivity contribution >= 4 is 17.7 Å². The predicted octanol–water partition coefficient (Wildman–Crippen LogP) is 3.65. The summed E-state index contributed by atoms with van der Waals surface area (Å²) >= 11 is 0. The van der Waals surface area contributed by atoms with Gasteiger partial charge in [0.15, 0.2) is 17.6 Å². The standard InChI is InChI=1S/C23H38FN5O2/c1-5-25-22(27-14-9-7-6-8-12-20(30)31-23(2,3)4)28-18-13-16-29(17-18)21-19(24)11-10-15-26-21/h10-11,15,18H,5-9,12-14,16-17H2,1-4H3,(H2,25,27,28). The van der Waals surface area contributed by atoms with E-state index < -0.39 is 5.60 Å². The molecule has 8 heteroatoms. The van der Waals surface area contributed by atoms with Crippen molar-refractivity contribution in [2.45, 2.75) is 77.9 Å². The van der Waals surface area contributed by atoms with Gasteiger partial charge in [0.2, 0.25) is 0 Å². The molecule has 2 rings (SSSR count). The fourth-order valence-corrected chi connectivity index (χ4v) is 3.51. The summed E-state index contributed by atoms with van der Waals surface area (Å²) in [5.74, 6) is 0.806. The molecule has 0 amide bonds. The fourth-order valence-electron chi connectivity index (χ4n) is 3.51. The fraction of sp³-hybridized carbons (Fsp3) is 0.696. The maximum Gasteiger partial charge on any atom is 0.306 e. The average molecular weight is 436 g/mol. The van der Waals surface area contributed by atoms with Gasteiger partial charge in [-0.1, -0.05) is 12.8 Å². The third-order valence-electron chi connectivity index (χ3n) is 4.89. The summed E-state index contributed by atoms with van der Waals surface area (Å²) in [7, 11) is 0. The van der Waals surface area contributed by atoms with Gasteiger partial charge in [-0.25, -0.2) is 9.37 Å². The zero-order chi connectivity index (χ0) is 22.7. The normalized spacial score (nSPS) is 17.0. The van der Waals surface area contributed by atoms with Crippen molar-refractivity contribution in [1.82, 2.24) is 15.6 Å². The van der Waals surface area contributed by atoms with Gasteiger partial charge in [-0.2, -0.15) is 0 Å². The van der Waals surface area contributed by atoms with Crippen LogP contribution < -0.4 is 15.5 Å². The molecule has 0 spiro atoms. The number of ether oxygens (including phenoxy) is 1. The summed E-state index contributed by atoms with van der Waals surface area (Å²) in [5.41, 5.74) is -0.413. The second kappa shape index (κ2) is 12.5. The Morgan fingerprint density at radius 3 is 2.81 bits per heavy atom. The first kappa shape index (κ1) is 24.9. The van der Waals surface area contributed by atoms with E-state index in [0.29, 0.717) is 18.8 Å². The highest BCUT2D eigenvalue weighted by Crippen LogP contribution is 2.20. The van der Waals surface area contributed by atoms with Crippen LogP contribution in [0.5, 0.6) is 0 Å². The number of hydrogen-bond donors (Lipinski definition) is 2. The van der Waals surface area contributed by atoms with E-state index in [1.807, 2.05) is 32.6 Å². The van der Waals surface area contributed by atoms with Gasteiger partial charge in [-0.05, 0) is 59.1 Å². The van der Waals surface area contributed by atoms with Gasteiger partial charge in [0.05, 0.1) is 0 Å². The Bertz CT molecular complexity index is 720. The van der Waals surface area contributed by atoms with Crippen molar-refractivity contribution in [3.8, 4) is 0 Å². The topological polar surface area (TPSA) is 78.8 Å². The van der Waals surface area contributed by atoms with Crippen molar-refractivity contribution in [2.24, 2.45) is 4.99 Å². The first-order valence-electron chi connectivity index (χ1n) is 11.4. The minimum atomic E-state index is -0.413. The van der Waals surface area contributed by atoms with E-state index in [1.165, 1.54) is 6.07 Å². The van der Waals surface area contributed by atoms with Crippen LogP contribution in [-0.2, 0) is 9.53 Å². The van der Waals surface area contributed by atoms with E-state index in [9.17, 15) is 9.18 Å². The van der Waals surface area contributed by atoms with Crippen LogP contribution in [0.25, 0.3) is 0 Å². The first-order valence-corrected chi connectivity index (χ1v) is 11.4. The number of carbonyl (C=O) groups excluding carboxylic acids is 1. The molecule has 1 aromatic heterocycles. The van der Waals surface area contributed by atoms with Crippen LogP contribution in [0.3, 0.4) is 0 Å². The number of carbonyl (C=O) groups is 1. The number of nitrogens with zero attached hydrogens (tertiary/aromatic N) is 3. The Morgan fingerprint density at radius 2 is 2.10 bits per heavy atom. The van der Waals surface area contributed by atoms with Crippen molar-refractivity contribution in [3.05, 3.63) is 24.1 Å². The minimum absolute atomic E-state index is 0.125. The van der Waals surface area contributed by atoms with E-state index in [4.69, 9.17) is 4.74 Å². The molecule has 0 radical (unpaired) electrons. The van der Waals surface area contributed by atoms with E-state index in [2.05, 4.69) is 20.6 Å². The van der Waals surface area contributed by atoms with Crippen LogP contribution in [0, 0.1) is 5.82 Å². The highest BCUT2D eigenvalue weighted by Gasteiger charge is 2.25. The SMILES string of the molecule is CCNC(=NCCCCCCC(=O)OC(C)(C)C)NC1CCN(c2ncccc2F)C1. The number of anilines is 1. The number of aliphatic imine (C=N–C) groups is 1. The quantitative estimate of drug-likeness (QED) is 0.253. The maximum absolute atomic E-state index is 14.0. The number of unbranched alkanes of at least 4 members (excludes halogenated alkanes) is 3. The molecule has 0 aliphatic carbocycles. The average Bonchev–Trinajstić information content (AvgIpc) is 3.14. The second-order valence-electron chi connectivity index (χ2n) is 8.90. The van der Waals surface area contributed by atoms with Crippen LogP contribution in [0.15, 0.2) is 23.3 Å². The molecule has 1 aliphatic rings. The van der Waals surface area contributed by atoms with Crippen LogP contribution in [-0.4, -0.2) is 54.7 Å². The molecule has 2 heterocycles.